The number of benzene rings is 1. The molecule has 0 spiro atoms. The summed E-state index contributed by atoms with van der Waals surface area (Å²) in [5.41, 5.74) is 8.16. The van der Waals surface area contributed by atoms with Gasteiger partial charge in [0.2, 0.25) is 11.4 Å². The summed E-state index contributed by atoms with van der Waals surface area (Å²) in [7, 11) is 2.08. The van der Waals surface area contributed by atoms with E-state index in [2.05, 4.69) is 75.8 Å². The fourth-order valence-electron chi connectivity index (χ4n) is 4.18. The maximum atomic E-state index is 8.74. The Hall–Kier alpha value is -2.68. The Kier molecular flexibility index (Phi) is 4.61. The van der Waals surface area contributed by atoms with Crippen molar-refractivity contribution < 1.29 is 10.4 Å². The molecule has 0 radical (unpaired) electrons. The van der Waals surface area contributed by atoms with Crippen molar-refractivity contribution in [3.8, 4) is 11.3 Å². The molecule has 150 valence electrons. The average Bonchev–Trinajstić information content (AvgIpc) is 3.04. The molecular weight excluding hydrogens is 356 g/mol. The third-order valence-corrected chi connectivity index (χ3v) is 5.86. The Morgan fingerprint density at radius 2 is 1.79 bits per heavy atom. The van der Waals surface area contributed by atoms with E-state index in [1.807, 2.05) is 13.8 Å². The van der Waals surface area contributed by atoms with Crippen LogP contribution in [0.3, 0.4) is 0 Å². The van der Waals surface area contributed by atoms with Gasteiger partial charge in [-0.3, -0.25) is 0 Å². The lowest BCUT2D eigenvalue weighted by Gasteiger charge is -2.16. The zero-order valence-corrected chi connectivity index (χ0v) is 18.6. The second-order valence-electron chi connectivity index (χ2n) is 8.54. The van der Waals surface area contributed by atoms with Crippen LogP contribution in [0.1, 0.15) is 70.2 Å². The first kappa shape index (κ1) is 18.4. The first-order valence-electron chi connectivity index (χ1n) is 11.0. The fourth-order valence-corrected chi connectivity index (χ4v) is 4.18. The molecule has 3 heterocycles. The minimum absolute atomic E-state index is 0.352. The standard InChI is InChI=1S/C26H31N2O/c1-8-18-10-12-20-19-11-9-17(6)24(25(19)29-26(20)27-18)23-13-21(15(2)3)22(16(4)5)14-28(23)7/h9-16H,8H2,1-7H3/q+1/i15D. The van der Waals surface area contributed by atoms with Crippen molar-refractivity contribution in [2.24, 2.45) is 7.05 Å². The van der Waals surface area contributed by atoms with E-state index >= 15 is 0 Å². The normalized spacial score (nSPS) is 12.9. The molecule has 1 aromatic carbocycles. The van der Waals surface area contributed by atoms with Gasteiger partial charge in [0.25, 0.3) is 0 Å². The molecule has 29 heavy (non-hydrogen) atoms. The quantitative estimate of drug-likeness (QED) is 0.369. The van der Waals surface area contributed by atoms with Gasteiger partial charge in [0, 0.05) is 29.5 Å². The highest BCUT2D eigenvalue weighted by molar-refractivity contribution is 6.08. The van der Waals surface area contributed by atoms with Gasteiger partial charge in [-0.2, -0.15) is 0 Å². The van der Waals surface area contributed by atoms with E-state index in [1.165, 1.54) is 5.56 Å². The van der Waals surface area contributed by atoms with Crippen LogP contribution in [-0.2, 0) is 13.5 Å². The van der Waals surface area contributed by atoms with Crippen molar-refractivity contribution in [3.05, 3.63) is 58.9 Å². The Bertz CT molecular complexity index is 1260. The van der Waals surface area contributed by atoms with Crippen LogP contribution in [0.15, 0.2) is 40.9 Å². The molecule has 3 heteroatoms. The number of aromatic nitrogens is 2. The predicted octanol–water partition coefficient (Wildman–Crippen LogP) is 6.59. The molecule has 0 bridgehead atoms. The number of pyridine rings is 2. The highest BCUT2D eigenvalue weighted by Gasteiger charge is 2.24. The molecule has 0 fully saturated rings. The van der Waals surface area contributed by atoms with Gasteiger partial charge < -0.3 is 4.42 Å². The SMILES string of the molecule is [2H]C(C)(C)c1cc(-c2c(C)ccc3c2oc2nc(CC)ccc23)[n+](C)cc1C(C)C. The highest BCUT2D eigenvalue weighted by atomic mass is 16.3. The zero-order valence-electron chi connectivity index (χ0n) is 19.6. The average molecular weight is 389 g/mol. The monoisotopic (exact) mass is 388 g/mol. The van der Waals surface area contributed by atoms with Crippen molar-refractivity contribution in [1.29, 1.82) is 0 Å². The summed E-state index contributed by atoms with van der Waals surface area (Å²) in [5, 5.41) is 2.13. The van der Waals surface area contributed by atoms with Crippen LogP contribution < -0.4 is 4.57 Å². The van der Waals surface area contributed by atoms with Crippen molar-refractivity contribution in [2.45, 2.75) is 59.8 Å². The summed E-state index contributed by atoms with van der Waals surface area (Å²) in [6.45, 7) is 12.5. The van der Waals surface area contributed by atoms with E-state index in [-0.39, 0.29) is 0 Å². The molecule has 0 atom stereocenters. The zero-order chi connectivity index (χ0) is 21.8. The Labute approximate surface area is 174 Å². The molecule has 0 aliphatic heterocycles. The molecule has 0 amide bonds. The first-order valence-corrected chi connectivity index (χ1v) is 10.5. The third-order valence-electron chi connectivity index (χ3n) is 5.86. The minimum Gasteiger partial charge on any atom is -0.437 e. The van der Waals surface area contributed by atoms with E-state index in [4.69, 9.17) is 10.8 Å². The van der Waals surface area contributed by atoms with Gasteiger partial charge in [-0.25, -0.2) is 9.55 Å². The van der Waals surface area contributed by atoms with E-state index in [1.54, 1.807) is 0 Å². The number of aryl methyl sites for hydroxylation is 3. The van der Waals surface area contributed by atoms with Gasteiger partial charge in [-0.1, -0.05) is 46.8 Å². The number of hydrogen-bond donors (Lipinski definition) is 0. The molecule has 0 saturated heterocycles. The van der Waals surface area contributed by atoms with Crippen molar-refractivity contribution in [1.82, 2.24) is 4.98 Å². The van der Waals surface area contributed by atoms with Gasteiger partial charge in [-0.15, -0.1) is 0 Å². The van der Waals surface area contributed by atoms with E-state index in [9.17, 15) is 0 Å². The number of rotatable bonds is 4. The van der Waals surface area contributed by atoms with Gasteiger partial charge in [0.05, 0.1) is 5.56 Å². The van der Waals surface area contributed by atoms with Gasteiger partial charge >= 0.3 is 0 Å². The molecule has 0 aliphatic rings. The van der Waals surface area contributed by atoms with Crippen molar-refractivity contribution in [2.75, 3.05) is 0 Å². The number of nitrogens with zero attached hydrogens (tertiary/aromatic N) is 2. The molecule has 0 N–H and O–H groups in total. The van der Waals surface area contributed by atoms with Crippen LogP contribution >= 0.6 is 0 Å². The topological polar surface area (TPSA) is 29.9 Å². The largest absolute Gasteiger partial charge is 0.437 e. The summed E-state index contributed by atoms with van der Waals surface area (Å²) in [5.74, 6) is -0.333. The van der Waals surface area contributed by atoms with Gasteiger partial charge in [-0.05, 0) is 48.4 Å². The van der Waals surface area contributed by atoms with Crippen LogP contribution in [0, 0.1) is 6.92 Å². The summed E-state index contributed by atoms with van der Waals surface area (Å²) >= 11 is 0. The summed E-state index contributed by atoms with van der Waals surface area (Å²) in [4.78, 5) is 4.71. The summed E-state index contributed by atoms with van der Waals surface area (Å²) in [6.07, 6.45) is 3.06. The van der Waals surface area contributed by atoms with Crippen molar-refractivity contribution >= 4 is 22.1 Å². The Morgan fingerprint density at radius 1 is 1.07 bits per heavy atom. The Morgan fingerprint density at radius 3 is 2.45 bits per heavy atom. The van der Waals surface area contributed by atoms with E-state index in [0.717, 1.165) is 50.9 Å². The number of fused-ring (bicyclic) bond motifs is 3. The van der Waals surface area contributed by atoms with Crippen LogP contribution in [0.4, 0.5) is 0 Å². The smallest absolute Gasteiger partial charge is 0.227 e. The van der Waals surface area contributed by atoms with E-state index in [0.29, 0.717) is 11.6 Å². The first-order chi connectivity index (χ1) is 14.1. The highest BCUT2D eigenvalue weighted by Crippen LogP contribution is 2.38. The molecular formula is C26H31N2O+. The lowest BCUT2D eigenvalue weighted by molar-refractivity contribution is -0.660. The van der Waals surface area contributed by atoms with Crippen LogP contribution in [0.25, 0.3) is 33.3 Å². The Balaban J connectivity index is 2.07. The van der Waals surface area contributed by atoms with Crippen LogP contribution in [0.2, 0.25) is 0 Å². The molecule has 0 aliphatic carbocycles. The van der Waals surface area contributed by atoms with E-state index < -0.39 is 5.89 Å². The molecule has 0 saturated carbocycles. The number of furan rings is 1. The minimum atomic E-state index is -0.685. The van der Waals surface area contributed by atoms with Gasteiger partial charge in [0.1, 0.15) is 7.05 Å². The number of hydrogen-bond acceptors (Lipinski definition) is 2. The molecule has 3 aromatic heterocycles. The molecule has 4 aromatic rings. The van der Waals surface area contributed by atoms with Crippen LogP contribution in [-0.4, -0.2) is 4.98 Å². The second kappa shape index (κ2) is 7.29. The lowest BCUT2D eigenvalue weighted by atomic mass is 9.90. The maximum Gasteiger partial charge on any atom is 0.227 e. The lowest BCUT2D eigenvalue weighted by Crippen LogP contribution is -2.32. The summed E-state index contributed by atoms with van der Waals surface area (Å²) in [6, 6.07) is 10.7. The third kappa shape index (κ3) is 3.23. The second-order valence-corrected chi connectivity index (χ2v) is 8.54. The molecule has 0 unspecified atom stereocenters. The summed E-state index contributed by atoms with van der Waals surface area (Å²) < 4.78 is 17.3. The predicted molar refractivity (Wildman–Crippen MR) is 120 cm³/mol. The molecule has 3 nitrogen and oxygen atoms in total. The maximum absolute atomic E-state index is 8.74. The van der Waals surface area contributed by atoms with Crippen molar-refractivity contribution in [3.63, 3.8) is 0 Å². The fraction of sp³-hybridized carbons (Fsp3) is 0.385. The molecule has 4 rings (SSSR count). The van der Waals surface area contributed by atoms with Crippen LogP contribution in [0.5, 0.6) is 0 Å². The van der Waals surface area contributed by atoms with Gasteiger partial charge in [0.15, 0.2) is 11.8 Å².